The average molecular weight is 571 g/mol. The number of unbranched alkanes of at least 4 members (excludes halogenated alkanes) is 9. The van der Waals surface area contributed by atoms with Gasteiger partial charge < -0.3 is 9.47 Å². The van der Waals surface area contributed by atoms with Crippen molar-refractivity contribution in [3.8, 4) is 44.9 Å². The van der Waals surface area contributed by atoms with Gasteiger partial charge in [0.1, 0.15) is 5.75 Å². The van der Waals surface area contributed by atoms with Crippen LogP contribution in [0.1, 0.15) is 78.1 Å². The Balaban J connectivity index is 1.27. The van der Waals surface area contributed by atoms with Crippen molar-refractivity contribution >= 4 is 0 Å². The Morgan fingerprint density at radius 3 is 1.40 bits per heavy atom. The number of hydrogen-bond acceptors (Lipinski definition) is 2. The molecule has 0 radical (unpaired) electrons. The van der Waals surface area contributed by atoms with Crippen LogP contribution in [0.5, 0.6) is 11.5 Å². The highest BCUT2D eigenvalue weighted by atomic mass is 19.2. The molecule has 0 saturated heterocycles. The van der Waals surface area contributed by atoms with Crippen molar-refractivity contribution in [3.05, 3.63) is 96.6 Å². The zero-order valence-corrected chi connectivity index (χ0v) is 25.1. The van der Waals surface area contributed by atoms with Crippen molar-refractivity contribution in [2.24, 2.45) is 0 Å². The molecule has 2 nitrogen and oxygen atoms in total. The predicted octanol–water partition coefficient (Wildman–Crippen LogP) is 11.7. The van der Waals surface area contributed by atoms with E-state index in [1.54, 1.807) is 6.07 Å². The van der Waals surface area contributed by atoms with E-state index < -0.39 is 11.6 Å². The Morgan fingerprint density at radius 2 is 0.905 bits per heavy atom. The summed E-state index contributed by atoms with van der Waals surface area (Å²) >= 11 is 0. The summed E-state index contributed by atoms with van der Waals surface area (Å²) in [5.41, 5.74) is 5.16. The van der Waals surface area contributed by atoms with Gasteiger partial charge in [-0.3, -0.25) is 0 Å². The van der Waals surface area contributed by atoms with Gasteiger partial charge in [0.2, 0.25) is 5.82 Å². The molecule has 0 atom stereocenters. The van der Waals surface area contributed by atoms with Crippen LogP contribution in [0.4, 0.5) is 8.78 Å². The molecule has 222 valence electrons. The van der Waals surface area contributed by atoms with Crippen LogP contribution in [0.25, 0.3) is 33.4 Å². The average Bonchev–Trinajstić information content (AvgIpc) is 3.03. The van der Waals surface area contributed by atoms with E-state index in [0.717, 1.165) is 47.3 Å². The van der Waals surface area contributed by atoms with Crippen molar-refractivity contribution < 1.29 is 18.3 Å². The molecule has 0 N–H and O–H groups in total. The fraction of sp³-hybridized carbons (Fsp3) is 0.368. The second kappa shape index (κ2) is 16.7. The molecule has 0 fully saturated rings. The lowest BCUT2D eigenvalue weighted by molar-refractivity contribution is 0.285. The first-order chi connectivity index (χ1) is 20.6. The topological polar surface area (TPSA) is 18.5 Å². The summed E-state index contributed by atoms with van der Waals surface area (Å²) in [5, 5.41) is 0. The first kappa shape index (κ1) is 31.3. The molecule has 4 aromatic rings. The van der Waals surface area contributed by atoms with Gasteiger partial charge in [-0.05, 0) is 65.4 Å². The largest absolute Gasteiger partial charge is 0.494 e. The third-order valence-corrected chi connectivity index (χ3v) is 7.72. The third-order valence-electron chi connectivity index (χ3n) is 7.72. The number of rotatable bonds is 17. The van der Waals surface area contributed by atoms with Crippen molar-refractivity contribution in [3.63, 3.8) is 0 Å². The molecule has 0 aliphatic carbocycles. The van der Waals surface area contributed by atoms with E-state index in [9.17, 15) is 4.39 Å². The molecule has 0 spiro atoms. The molecule has 0 bridgehead atoms. The van der Waals surface area contributed by atoms with Gasteiger partial charge in [0.15, 0.2) is 11.6 Å². The molecule has 4 aromatic carbocycles. The van der Waals surface area contributed by atoms with Crippen LogP contribution in [0.3, 0.4) is 0 Å². The molecule has 0 aliphatic heterocycles. The van der Waals surface area contributed by atoms with Gasteiger partial charge in [0, 0.05) is 5.56 Å². The number of halogens is 2. The summed E-state index contributed by atoms with van der Waals surface area (Å²) in [6, 6.07) is 27.1. The first-order valence-corrected chi connectivity index (χ1v) is 15.7. The molecule has 0 saturated carbocycles. The van der Waals surface area contributed by atoms with Crippen LogP contribution in [0.2, 0.25) is 0 Å². The lowest BCUT2D eigenvalue weighted by Crippen LogP contribution is -2.01. The molecule has 0 heterocycles. The first-order valence-electron chi connectivity index (χ1n) is 15.7. The number of benzene rings is 4. The maximum atomic E-state index is 15.0. The van der Waals surface area contributed by atoms with E-state index in [2.05, 4.69) is 43.3 Å². The maximum Gasteiger partial charge on any atom is 0.201 e. The van der Waals surface area contributed by atoms with E-state index in [4.69, 9.17) is 9.47 Å². The van der Waals surface area contributed by atoms with Crippen LogP contribution >= 0.6 is 0 Å². The van der Waals surface area contributed by atoms with Crippen molar-refractivity contribution in [1.29, 1.82) is 0 Å². The van der Waals surface area contributed by atoms with Crippen LogP contribution in [-0.2, 0) is 0 Å². The molecular formula is C38H44F2O2. The zero-order chi connectivity index (χ0) is 29.6. The lowest BCUT2D eigenvalue weighted by Gasteiger charge is -2.11. The second-order valence-corrected chi connectivity index (χ2v) is 10.9. The minimum Gasteiger partial charge on any atom is -0.494 e. The van der Waals surface area contributed by atoms with Gasteiger partial charge >= 0.3 is 0 Å². The summed E-state index contributed by atoms with van der Waals surface area (Å²) < 4.78 is 41.0. The monoisotopic (exact) mass is 570 g/mol. The Kier molecular flexibility index (Phi) is 12.4. The number of hydrogen-bond donors (Lipinski definition) is 0. The molecule has 0 aromatic heterocycles. The Hall–Kier alpha value is -3.66. The molecule has 4 heteroatoms. The summed E-state index contributed by atoms with van der Waals surface area (Å²) in [6.45, 7) is 5.26. The summed E-state index contributed by atoms with van der Waals surface area (Å²) in [6.07, 6.45) is 12.2. The summed E-state index contributed by atoms with van der Waals surface area (Å²) in [7, 11) is 0. The molecule has 4 rings (SSSR count). The highest BCUT2D eigenvalue weighted by Crippen LogP contribution is 2.32. The molecule has 42 heavy (non-hydrogen) atoms. The van der Waals surface area contributed by atoms with Crippen molar-refractivity contribution in [2.75, 3.05) is 13.2 Å². The Labute approximate surface area is 250 Å². The van der Waals surface area contributed by atoms with Crippen LogP contribution in [0, 0.1) is 11.6 Å². The minimum absolute atomic E-state index is 0.0172. The fourth-order valence-electron chi connectivity index (χ4n) is 5.25. The van der Waals surface area contributed by atoms with Crippen molar-refractivity contribution in [2.45, 2.75) is 78.1 Å². The fourth-order valence-corrected chi connectivity index (χ4v) is 5.25. The van der Waals surface area contributed by atoms with Gasteiger partial charge in [-0.15, -0.1) is 0 Å². The quantitative estimate of drug-likeness (QED) is 0.118. The van der Waals surface area contributed by atoms with Gasteiger partial charge in [-0.1, -0.05) is 125 Å². The summed E-state index contributed by atoms with van der Waals surface area (Å²) in [5.74, 6) is -0.950. The van der Waals surface area contributed by atoms with Gasteiger partial charge in [0.25, 0.3) is 0 Å². The van der Waals surface area contributed by atoms with E-state index >= 15 is 4.39 Å². The highest BCUT2D eigenvalue weighted by molar-refractivity contribution is 5.74. The second-order valence-electron chi connectivity index (χ2n) is 10.9. The number of ether oxygens (including phenoxy) is 2. The van der Waals surface area contributed by atoms with Gasteiger partial charge in [-0.25, -0.2) is 4.39 Å². The standard InChI is InChI=1S/C38H44F2O2/c1-3-5-6-7-8-9-10-11-12-13-28-42-36-27-26-35(37(39)38(36)40)33-20-18-31(19-21-33)29-14-16-30(17-15-29)32-22-24-34(25-23-32)41-4-2/h14-27H,3-13,28H2,1-2H3. The predicted molar refractivity (Wildman–Crippen MR) is 171 cm³/mol. The van der Waals surface area contributed by atoms with E-state index in [-0.39, 0.29) is 11.3 Å². The molecule has 0 unspecified atom stereocenters. The van der Waals surface area contributed by atoms with Crippen LogP contribution < -0.4 is 9.47 Å². The minimum atomic E-state index is -0.923. The van der Waals surface area contributed by atoms with E-state index in [1.807, 2.05) is 43.3 Å². The van der Waals surface area contributed by atoms with Crippen LogP contribution in [-0.4, -0.2) is 13.2 Å². The molecule has 0 aliphatic rings. The van der Waals surface area contributed by atoms with Crippen molar-refractivity contribution in [1.82, 2.24) is 0 Å². The normalized spacial score (nSPS) is 11.0. The highest BCUT2D eigenvalue weighted by Gasteiger charge is 2.16. The maximum absolute atomic E-state index is 15.0. The molecule has 0 amide bonds. The SMILES string of the molecule is CCCCCCCCCCCCOc1ccc(-c2ccc(-c3ccc(-c4ccc(OCC)cc4)cc3)cc2)c(F)c1F. The molecular weight excluding hydrogens is 526 g/mol. The zero-order valence-electron chi connectivity index (χ0n) is 25.1. The Bertz CT molecular complexity index is 1350. The van der Waals surface area contributed by atoms with Crippen LogP contribution in [0.15, 0.2) is 84.9 Å². The van der Waals surface area contributed by atoms with E-state index in [0.29, 0.717) is 18.8 Å². The van der Waals surface area contributed by atoms with E-state index in [1.165, 1.54) is 51.0 Å². The van der Waals surface area contributed by atoms with Gasteiger partial charge in [0.05, 0.1) is 13.2 Å². The lowest BCUT2D eigenvalue weighted by atomic mass is 9.98. The smallest absolute Gasteiger partial charge is 0.201 e. The summed E-state index contributed by atoms with van der Waals surface area (Å²) in [4.78, 5) is 0. The van der Waals surface area contributed by atoms with Gasteiger partial charge in [-0.2, -0.15) is 4.39 Å². The Morgan fingerprint density at radius 1 is 0.452 bits per heavy atom. The third kappa shape index (κ3) is 8.92.